The minimum absolute atomic E-state index is 0.0750. The van der Waals surface area contributed by atoms with Crippen molar-refractivity contribution in [3.05, 3.63) is 98.7 Å². The van der Waals surface area contributed by atoms with Crippen LogP contribution < -0.4 is 5.56 Å². The fraction of sp³-hybridized carbons (Fsp3) is 0.214. The molecule has 3 nitrogen and oxygen atoms in total. The molecule has 0 fully saturated rings. The quantitative estimate of drug-likeness (QED) is 0.209. The number of hydrogen-bond acceptors (Lipinski definition) is 4. The molecule has 0 saturated heterocycles. The van der Waals surface area contributed by atoms with Crippen molar-refractivity contribution in [2.75, 3.05) is 0 Å². The minimum atomic E-state index is 0.0750. The van der Waals surface area contributed by atoms with E-state index in [1.165, 1.54) is 33.2 Å². The summed E-state index contributed by atoms with van der Waals surface area (Å²) >= 11 is 3.36. The molecule has 5 heteroatoms. The molecule has 164 valence electrons. The van der Waals surface area contributed by atoms with Crippen LogP contribution in [0.2, 0.25) is 0 Å². The Bertz CT molecular complexity index is 1560. The molecule has 1 aliphatic rings. The maximum Gasteiger partial charge on any atom is 0.267 e. The molecular formula is C28H24N2OS2. The van der Waals surface area contributed by atoms with Gasteiger partial charge in [0.1, 0.15) is 4.83 Å². The Labute approximate surface area is 201 Å². The van der Waals surface area contributed by atoms with Crippen LogP contribution in [0.25, 0.3) is 26.7 Å². The molecule has 0 unspecified atom stereocenters. The van der Waals surface area contributed by atoms with Crippen LogP contribution in [0.1, 0.15) is 34.4 Å². The van der Waals surface area contributed by atoms with Gasteiger partial charge in [0.2, 0.25) is 0 Å². The maximum atomic E-state index is 13.9. The topological polar surface area (TPSA) is 34.9 Å². The number of nitrogens with zero attached hydrogens (tertiary/aromatic N) is 2. The van der Waals surface area contributed by atoms with E-state index in [0.29, 0.717) is 0 Å². The molecule has 2 heterocycles. The van der Waals surface area contributed by atoms with Crippen LogP contribution in [-0.4, -0.2) is 9.55 Å². The number of benzene rings is 3. The second-order valence-corrected chi connectivity index (χ2v) is 10.8. The first-order chi connectivity index (χ1) is 16.2. The molecule has 6 rings (SSSR count). The highest BCUT2D eigenvalue weighted by Gasteiger charge is 2.23. The summed E-state index contributed by atoms with van der Waals surface area (Å²) in [5.74, 6) is 0.764. The van der Waals surface area contributed by atoms with Crippen molar-refractivity contribution >= 4 is 44.1 Å². The van der Waals surface area contributed by atoms with E-state index in [0.717, 1.165) is 51.6 Å². The SMILES string of the molecule is Cc1cccc(-n2c(SCc3ccc4ccccc4c3)nc3sc4c(c3c2=O)CCCC4)c1. The molecule has 0 N–H and O–H groups in total. The molecule has 0 aliphatic heterocycles. The Morgan fingerprint density at radius 3 is 2.70 bits per heavy atom. The van der Waals surface area contributed by atoms with Crippen molar-refractivity contribution in [2.24, 2.45) is 0 Å². The molecule has 2 aromatic heterocycles. The monoisotopic (exact) mass is 468 g/mol. The van der Waals surface area contributed by atoms with Gasteiger partial charge >= 0.3 is 0 Å². The number of hydrogen-bond donors (Lipinski definition) is 0. The van der Waals surface area contributed by atoms with E-state index in [9.17, 15) is 4.79 Å². The molecule has 5 aromatic rings. The number of rotatable bonds is 4. The lowest BCUT2D eigenvalue weighted by Gasteiger charge is -2.14. The number of fused-ring (bicyclic) bond motifs is 4. The molecular weight excluding hydrogens is 444 g/mol. The fourth-order valence-electron chi connectivity index (χ4n) is 4.75. The third kappa shape index (κ3) is 3.79. The second kappa shape index (κ2) is 8.47. The van der Waals surface area contributed by atoms with Gasteiger partial charge in [-0.15, -0.1) is 11.3 Å². The van der Waals surface area contributed by atoms with Crippen molar-refractivity contribution in [1.29, 1.82) is 0 Å². The van der Waals surface area contributed by atoms with Crippen LogP contribution in [0.4, 0.5) is 0 Å². The van der Waals surface area contributed by atoms with Gasteiger partial charge in [-0.1, -0.05) is 66.4 Å². The summed E-state index contributed by atoms with van der Waals surface area (Å²) in [6, 6.07) is 23.2. The van der Waals surface area contributed by atoms with Crippen LogP contribution >= 0.6 is 23.1 Å². The normalized spacial score (nSPS) is 13.5. The van der Waals surface area contributed by atoms with Gasteiger partial charge in [-0.05, 0) is 72.2 Å². The number of aryl methyl sites for hydroxylation is 3. The van der Waals surface area contributed by atoms with E-state index in [4.69, 9.17) is 4.98 Å². The van der Waals surface area contributed by atoms with E-state index in [1.807, 2.05) is 16.7 Å². The van der Waals surface area contributed by atoms with E-state index in [1.54, 1.807) is 23.1 Å². The van der Waals surface area contributed by atoms with Gasteiger partial charge in [-0.3, -0.25) is 9.36 Å². The minimum Gasteiger partial charge on any atom is -0.268 e. The molecule has 0 amide bonds. The highest BCUT2D eigenvalue weighted by Crippen LogP contribution is 2.36. The first-order valence-electron chi connectivity index (χ1n) is 11.4. The highest BCUT2D eigenvalue weighted by atomic mass is 32.2. The van der Waals surface area contributed by atoms with Crippen LogP contribution in [0, 0.1) is 6.92 Å². The van der Waals surface area contributed by atoms with Gasteiger partial charge in [0.05, 0.1) is 11.1 Å². The number of thiophene rings is 1. The average Bonchev–Trinajstić information content (AvgIpc) is 3.21. The van der Waals surface area contributed by atoms with E-state index in [-0.39, 0.29) is 5.56 Å². The van der Waals surface area contributed by atoms with Gasteiger partial charge in [-0.25, -0.2) is 4.98 Å². The summed E-state index contributed by atoms with van der Waals surface area (Å²) in [6.07, 6.45) is 4.42. The van der Waals surface area contributed by atoms with Crippen molar-refractivity contribution in [1.82, 2.24) is 9.55 Å². The second-order valence-electron chi connectivity index (χ2n) is 8.74. The van der Waals surface area contributed by atoms with Crippen molar-refractivity contribution in [3.63, 3.8) is 0 Å². The van der Waals surface area contributed by atoms with E-state index < -0.39 is 0 Å². The Balaban J connectivity index is 1.47. The Morgan fingerprint density at radius 2 is 1.82 bits per heavy atom. The third-order valence-electron chi connectivity index (χ3n) is 6.40. The smallest absolute Gasteiger partial charge is 0.267 e. The summed E-state index contributed by atoms with van der Waals surface area (Å²) < 4.78 is 1.84. The fourth-order valence-corrected chi connectivity index (χ4v) is 7.01. The number of thioether (sulfide) groups is 1. The standard InChI is InChI=1S/C28H24N2OS2/c1-18-7-6-10-22(15-18)30-27(31)25-23-11-4-5-12-24(23)33-26(25)29-28(30)32-17-19-13-14-20-8-2-3-9-21(20)16-19/h2-3,6-10,13-16H,4-5,11-12,17H2,1H3. The van der Waals surface area contributed by atoms with Gasteiger partial charge in [0.25, 0.3) is 5.56 Å². The Kier molecular flexibility index (Phi) is 5.31. The molecule has 3 aromatic carbocycles. The molecule has 0 radical (unpaired) electrons. The Morgan fingerprint density at radius 1 is 0.970 bits per heavy atom. The lowest BCUT2D eigenvalue weighted by Crippen LogP contribution is -2.22. The molecule has 1 aliphatic carbocycles. The van der Waals surface area contributed by atoms with Gasteiger partial charge in [-0.2, -0.15) is 0 Å². The van der Waals surface area contributed by atoms with Crippen LogP contribution in [0.3, 0.4) is 0 Å². The zero-order valence-corrected chi connectivity index (χ0v) is 20.1. The molecule has 33 heavy (non-hydrogen) atoms. The first-order valence-corrected chi connectivity index (χ1v) is 13.2. The highest BCUT2D eigenvalue weighted by molar-refractivity contribution is 7.98. The predicted molar refractivity (Wildman–Crippen MR) is 140 cm³/mol. The summed E-state index contributed by atoms with van der Waals surface area (Å²) in [5.41, 5.74) is 4.58. The summed E-state index contributed by atoms with van der Waals surface area (Å²) in [7, 11) is 0. The number of aromatic nitrogens is 2. The summed E-state index contributed by atoms with van der Waals surface area (Å²) in [5, 5.41) is 4.09. The maximum absolute atomic E-state index is 13.9. The third-order valence-corrected chi connectivity index (χ3v) is 8.60. The van der Waals surface area contributed by atoms with Crippen LogP contribution in [0.15, 0.2) is 76.7 Å². The molecule has 0 bridgehead atoms. The van der Waals surface area contributed by atoms with Crippen molar-refractivity contribution in [2.45, 2.75) is 43.5 Å². The zero-order valence-electron chi connectivity index (χ0n) is 18.5. The molecule has 0 atom stereocenters. The van der Waals surface area contributed by atoms with E-state index >= 15 is 0 Å². The largest absolute Gasteiger partial charge is 0.268 e. The lowest BCUT2D eigenvalue weighted by molar-refractivity contribution is 0.699. The van der Waals surface area contributed by atoms with E-state index in [2.05, 4.69) is 61.5 Å². The van der Waals surface area contributed by atoms with Gasteiger partial charge < -0.3 is 0 Å². The zero-order chi connectivity index (χ0) is 22.4. The first kappa shape index (κ1) is 20.7. The Hall–Kier alpha value is -2.89. The summed E-state index contributed by atoms with van der Waals surface area (Å²) in [6.45, 7) is 2.06. The van der Waals surface area contributed by atoms with Gasteiger partial charge in [0, 0.05) is 10.6 Å². The van der Waals surface area contributed by atoms with Crippen LogP contribution in [0.5, 0.6) is 0 Å². The average molecular weight is 469 g/mol. The molecule has 0 saturated carbocycles. The van der Waals surface area contributed by atoms with Gasteiger partial charge in [0.15, 0.2) is 5.16 Å². The molecule has 0 spiro atoms. The van der Waals surface area contributed by atoms with Crippen molar-refractivity contribution in [3.8, 4) is 5.69 Å². The van der Waals surface area contributed by atoms with Crippen LogP contribution in [-0.2, 0) is 18.6 Å². The summed E-state index contributed by atoms with van der Waals surface area (Å²) in [4.78, 5) is 21.2. The van der Waals surface area contributed by atoms with Crippen molar-refractivity contribution < 1.29 is 0 Å². The lowest BCUT2D eigenvalue weighted by atomic mass is 9.97. The predicted octanol–water partition coefficient (Wildman–Crippen LogP) is 7.08.